The van der Waals surface area contributed by atoms with Crippen LogP contribution in [0.25, 0.3) is 33.2 Å². The summed E-state index contributed by atoms with van der Waals surface area (Å²) in [6.45, 7) is 3.26. The summed E-state index contributed by atoms with van der Waals surface area (Å²) >= 11 is 0. The maximum absolute atomic E-state index is 13.3. The van der Waals surface area contributed by atoms with Crippen molar-refractivity contribution in [3.05, 3.63) is 88.6 Å². The van der Waals surface area contributed by atoms with Crippen molar-refractivity contribution < 1.29 is 4.79 Å². The molecule has 7 heteroatoms. The number of pyridine rings is 1. The number of H-pyrrole nitrogens is 2. The van der Waals surface area contributed by atoms with Crippen LogP contribution in [0.1, 0.15) is 34.8 Å². The number of nitrogens with zero attached hydrogens (tertiary/aromatic N) is 3. The number of aryl methyl sites for hydroxylation is 1. The van der Waals surface area contributed by atoms with Gasteiger partial charge in [0.1, 0.15) is 5.65 Å². The van der Waals surface area contributed by atoms with Gasteiger partial charge in [-0.25, -0.2) is 9.78 Å². The van der Waals surface area contributed by atoms with E-state index in [-0.39, 0.29) is 17.6 Å². The maximum Gasteiger partial charge on any atom is 0.326 e. The first-order chi connectivity index (χ1) is 16.6. The lowest BCUT2D eigenvalue weighted by atomic mass is 10.0. The van der Waals surface area contributed by atoms with Crippen LogP contribution >= 0.6 is 0 Å². The van der Waals surface area contributed by atoms with Crippen LogP contribution < -0.4 is 5.69 Å². The number of hydrogen-bond donors (Lipinski definition) is 2. The number of rotatable bonds is 3. The summed E-state index contributed by atoms with van der Waals surface area (Å²) in [5, 5.41) is 0.908. The van der Waals surface area contributed by atoms with Gasteiger partial charge in [-0.3, -0.25) is 9.36 Å². The van der Waals surface area contributed by atoms with Crippen LogP contribution in [0.5, 0.6) is 0 Å². The average molecular weight is 452 g/mol. The third kappa shape index (κ3) is 3.41. The van der Waals surface area contributed by atoms with Crippen molar-refractivity contribution in [2.24, 2.45) is 0 Å². The molecule has 0 saturated carbocycles. The van der Waals surface area contributed by atoms with Crippen LogP contribution in [0.3, 0.4) is 0 Å². The zero-order chi connectivity index (χ0) is 23.2. The molecule has 34 heavy (non-hydrogen) atoms. The van der Waals surface area contributed by atoms with E-state index >= 15 is 0 Å². The number of amides is 1. The van der Waals surface area contributed by atoms with Crippen molar-refractivity contribution in [1.82, 2.24) is 24.4 Å². The summed E-state index contributed by atoms with van der Waals surface area (Å²) < 4.78 is 1.81. The Hall–Kier alpha value is -4.13. The molecule has 1 amide bonds. The Morgan fingerprint density at radius 3 is 2.53 bits per heavy atom. The number of piperidine rings is 1. The van der Waals surface area contributed by atoms with E-state index in [0.717, 1.165) is 40.5 Å². The summed E-state index contributed by atoms with van der Waals surface area (Å²) in [5.74, 6) is 0.00139. The number of likely N-dealkylation sites (tertiary alicyclic amines) is 1. The summed E-state index contributed by atoms with van der Waals surface area (Å²) in [5.41, 5.74) is 6.25. The maximum atomic E-state index is 13.3. The predicted molar refractivity (Wildman–Crippen MR) is 133 cm³/mol. The average Bonchev–Trinajstić information content (AvgIpc) is 3.47. The Balaban J connectivity index is 1.28. The first kappa shape index (κ1) is 20.5. The standard InChI is InChI=1S/C27H25N5O2/c1-17-4-6-18(7-5-17)19-8-10-20(11-9-19)26(33)31-14-2-3-21(16-31)32-24-22-12-13-28-25(22)29-15-23(24)30-27(32)34/h4-13,15,21H,2-3,14,16H2,1H3,(H,28,29)(H,30,34). The van der Waals surface area contributed by atoms with E-state index in [4.69, 9.17) is 0 Å². The van der Waals surface area contributed by atoms with Crippen molar-refractivity contribution in [2.75, 3.05) is 13.1 Å². The number of imidazole rings is 1. The third-order valence-electron chi connectivity index (χ3n) is 6.83. The zero-order valence-corrected chi connectivity index (χ0v) is 18.9. The third-order valence-corrected chi connectivity index (χ3v) is 6.83. The fourth-order valence-electron chi connectivity index (χ4n) is 5.05. The fourth-order valence-corrected chi connectivity index (χ4v) is 5.05. The highest BCUT2D eigenvalue weighted by molar-refractivity contribution is 6.01. The molecule has 0 spiro atoms. The van der Waals surface area contributed by atoms with Gasteiger partial charge in [0.25, 0.3) is 5.91 Å². The molecule has 1 aliphatic heterocycles. The molecule has 2 N–H and O–H groups in total. The molecule has 1 unspecified atom stereocenters. The van der Waals surface area contributed by atoms with E-state index < -0.39 is 0 Å². The van der Waals surface area contributed by atoms with Crippen molar-refractivity contribution in [1.29, 1.82) is 0 Å². The number of hydrogen-bond acceptors (Lipinski definition) is 3. The Morgan fingerprint density at radius 1 is 1.03 bits per heavy atom. The molecule has 0 bridgehead atoms. The number of aromatic amines is 2. The highest BCUT2D eigenvalue weighted by Crippen LogP contribution is 2.29. The molecule has 5 aromatic rings. The molecule has 6 rings (SSSR count). The number of nitrogens with one attached hydrogen (secondary N) is 2. The molecule has 7 nitrogen and oxygen atoms in total. The summed E-state index contributed by atoms with van der Waals surface area (Å²) in [6.07, 6.45) is 5.21. The molecule has 3 aromatic heterocycles. The molecular weight excluding hydrogens is 426 g/mol. The van der Waals surface area contributed by atoms with E-state index in [9.17, 15) is 9.59 Å². The highest BCUT2D eigenvalue weighted by atomic mass is 16.2. The normalized spacial score (nSPS) is 16.4. The Bertz CT molecular complexity index is 1560. The largest absolute Gasteiger partial charge is 0.346 e. The van der Waals surface area contributed by atoms with Crippen LogP contribution in [-0.2, 0) is 0 Å². The first-order valence-corrected chi connectivity index (χ1v) is 11.6. The molecule has 1 fully saturated rings. The monoisotopic (exact) mass is 451 g/mol. The molecule has 0 radical (unpaired) electrons. The van der Waals surface area contributed by atoms with Gasteiger partial charge in [0.15, 0.2) is 0 Å². The summed E-state index contributed by atoms with van der Waals surface area (Å²) in [7, 11) is 0. The highest BCUT2D eigenvalue weighted by Gasteiger charge is 2.28. The van der Waals surface area contributed by atoms with E-state index in [1.165, 1.54) is 5.56 Å². The minimum Gasteiger partial charge on any atom is -0.346 e. The van der Waals surface area contributed by atoms with E-state index in [1.807, 2.05) is 46.0 Å². The molecular formula is C27H25N5O2. The molecule has 2 aromatic carbocycles. The van der Waals surface area contributed by atoms with Gasteiger partial charge < -0.3 is 14.9 Å². The molecule has 1 aliphatic rings. The van der Waals surface area contributed by atoms with Gasteiger partial charge in [-0.15, -0.1) is 0 Å². The molecule has 1 atom stereocenters. The topological polar surface area (TPSA) is 86.8 Å². The number of carbonyl (C=O) groups excluding carboxylic acids is 1. The van der Waals surface area contributed by atoms with E-state index in [1.54, 1.807) is 6.20 Å². The van der Waals surface area contributed by atoms with Gasteiger partial charge in [0, 0.05) is 30.2 Å². The first-order valence-electron chi connectivity index (χ1n) is 11.6. The molecule has 0 aliphatic carbocycles. The van der Waals surface area contributed by atoms with Crippen molar-refractivity contribution in [3.63, 3.8) is 0 Å². The van der Waals surface area contributed by atoms with Gasteiger partial charge in [-0.1, -0.05) is 42.0 Å². The zero-order valence-electron chi connectivity index (χ0n) is 18.9. The SMILES string of the molecule is Cc1ccc(-c2ccc(C(=O)N3CCCC(n4c(=O)[nH]c5cnc6[nH]ccc6c54)C3)cc2)cc1. The lowest BCUT2D eigenvalue weighted by molar-refractivity contribution is 0.0680. The second-order valence-electron chi connectivity index (χ2n) is 9.05. The van der Waals surface area contributed by atoms with Crippen molar-refractivity contribution in [2.45, 2.75) is 25.8 Å². The van der Waals surface area contributed by atoms with Crippen molar-refractivity contribution >= 4 is 28.0 Å². The minimum absolute atomic E-state index is 0.00139. The molecule has 4 heterocycles. The Morgan fingerprint density at radius 2 is 1.76 bits per heavy atom. The number of fused-ring (bicyclic) bond motifs is 3. The van der Waals surface area contributed by atoms with Crippen molar-refractivity contribution in [3.8, 4) is 11.1 Å². The molecule has 1 saturated heterocycles. The number of benzene rings is 2. The minimum atomic E-state index is -0.160. The van der Waals surface area contributed by atoms with Crippen LogP contribution in [0, 0.1) is 6.92 Å². The quantitative estimate of drug-likeness (QED) is 0.418. The second kappa shape index (κ2) is 8.02. The second-order valence-corrected chi connectivity index (χ2v) is 9.05. The van der Waals surface area contributed by atoms with E-state index in [2.05, 4.69) is 46.1 Å². The van der Waals surface area contributed by atoms with Gasteiger partial charge in [0.2, 0.25) is 0 Å². The predicted octanol–water partition coefficient (Wildman–Crippen LogP) is 4.66. The van der Waals surface area contributed by atoms with Gasteiger partial charge in [-0.2, -0.15) is 0 Å². The van der Waals surface area contributed by atoms with Crippen LogP contribution in [-0.4, -0.2) is 43.4 Å². The van der Waals surface area contributed by atoms with Gasteiger partial charge in [0.05, 0.1) is 23.3 Å². The van der Waals surface area contributed by atoms with E-state index in [0.29, 0.717) is 24.2 Å². The lowest BCUT2D eigenvalue weighted by Crippen LogP contribution is -2.42. The Labute approximate surface area is 196 Å². The van der Waals surface area contributed by atoms with Crippen LogP contribution in [0.4, 0.5) is 0 Å². The number of aromatic nitrogens is 4. The lowest BCUT2D eigenvalue weighted by Gasteiger charge is -2.33. The van der Waals surface area contributed by atoms with Crippen LogP contribution in [0.2, 0.25) is 0 Å². The Kier molecular flexibility index (Phi) is 4.83. The fraction of sp³-hybridized carbons (Fsp3) is 0.222. The molecule has 170 valence electrons. The smallest absolute Gasteiger partial charge is 0.326 e. The summed E-state index contributed by atoms with van der Waals surface area (Å²) in [6, 6.07) is 18.0. The van der Waals surface area contributed by atoms with Gasteiger partial charge in [-0.05, 0) is 49.1 Å². The van der Waals surface area contributed by atoms with Crippen LogP contribution in [0.15, 0.2) is 71.8 Å². The van der Waals surface area contributed by atoms with Gasteiger partial charge >= 0.3 is 5.69 Å². The number of carbonyl (C=O) groups is 1. The summed E-state index contributed by atoms with van der Waals surface area (Å²) in [4.78, 5) is 38.6.